The fourth-order valence-electron chi connectivity index (χ4n) is 2.54. The van der Waals surface area contributed by atoms with Gasteiger partial charge in [0.2, 0.25) is 0 Å². The SMILES string of the molecule is N#Cc1ncc(N2CCC(Oc3ccc(F)cc3F)CC2)nc1Cl. The molecule has 0 atom stereocenters. The Labute approximate surface area is 142 Å². The number of aromatic nitrogens is 2. The van der Waals surface area contributed by atoms with Gasteiger partial charge in [0, 0.05) is 32.0 Å². The molecular formula is C16H13ClF2N4O. The van der Waals surface area contributed by atoms with Crippen molar-refractivity contribution < 1.29 is 13.5 Å². The molecule has 0 amide bonds. The third kappa shape index (κ3) is 3.54. The van der Waals surface area contributed by atoms with Crippen LogP contribution in [-0.2, 0) is 0 Å². The molecule has 0 N–H and O–H groups in total. The first kappa shape index (κ1) is 16.4. The first-order chi connectivity index (χ1) is 11.6. The molecule has 0 radical (unpaired) electrons. The maximum Gasteiger partial charge on any atom is 0.178 e. The molecule has 8 heteroatoms. The van der Waals surface area contributed by atoms with Crippen LogP contribution >= 0.6 is 11.6 Å². The van der Waals surface area contributed by atoms with Crippen LogP contribution in [0.1, 0.15) is 18.5 Å². The van der Waals surface area contributed by atoms with Crippen LogP contribution in [-0.4, -0.2) is 29.2 Å². The average molecular weight is 351 g/mol. The second kappa shape index (κ2) is 6.97. The predicted octanol–water partition coefficient (Wildman–Crippen LogP) is 3.33. The summed E-state index contributed by atoms with van der Waals surface area (Å²) in [5.74, 6) is -0.699. The van der Waals surface area contributed by atoms with Crippen molar-refractivity contribution >= 4 is 17.4 Å². The Morgan fingerprint density at radius 1 is 1.29 bits per heavy atom. The highest BCUT2D eigenvalue weighted by atomic mass is 35.5. The molecule has 2 aromatic rings. The summed E-state index contributed by atoms with van der Waals surface area (Å²) in [6, 6.07) is 5.13. The van der Waals surface area contributed by atoms with Gasteiger partial charge in [0.05, 0.1) is 6.20 Å². The van der Waals surface area contributed by atoms with E-state index >= 15 is 0 Å². The van der Waals surface area contributed by atoms with Gasteiger partial charge in [-0.05, 0) is 12.1 Å². The van der Waals surface area contributed by atoms with Crippen LogP contribution in [0.25, 0.3) is 0 Å². The molecule has 1 aliphatic rings. The molecule has 124 valence electrons. The molecule has 0 saturated carbocycles. The van der Waals surface area contributed by atoms with E-state index in [1.165, 1.54) is 18.3 Å². The molecule has 0 unspecified atom stereocenters. The molecule has 1 saturated heterocycles. The summed E-state index contributed by atoms with van der Waals surface area (Å²) >= 11 is 5.90. The summed E-state index contributed by atoms with van der Waals surface area (Å²) in [5.41, 5.74) is 0.0884. The van der Waals surface area contributed by atoms with Crippen molar-refractivity contribution in [3.05, 3.63) is 46.9 Å². The Balaban J connectivity index is 1.61. The molecule has 2 heterocycles. The van der Waals surface area contributed by atoms with Gasteiger partial charge < -0.3 is 9.64 Å². The number of piperidine rings is 1. The molecule has 0 aliphatic carbocycles. The number of benzene rings is 1. The van der Waals surface area contributed by atoms with Crippen LogP contribution in [0.3, 0.4) is 0 Å². The normalized spacial score (nSPS) is 15.2. The first-order valence-corrected chi connectivity index (χ1v) is 7.74. The first-order valence-electron chi connectivity index (χ1n) is 7.36. The zero-order valence-electron chi connectivity index (χ0n) is 12.5. The molecule has 1 aromatic heterocycles. The highest BCUT2D eigenvalue weighted by Gasteiger charge is 2.23. The van der Waals surface area contributed by atoms with Gasteiger partial charge in [-0.2, -0.15) is 5.26 Å². The van der Waals surface area contributed by atoms with E-state index in [9.17, 15) is 8.78 Å². The van der Waals surface area contributed by atoms with E-state index in [4.69, 9.17) is 21.6 Å². The molecule has 3 rings (SSSR count). The molecule has 24 heavy (non-hydrogen) atoms. The van der Waals surface area contributed by atoms with Crippen LogP contribution in [0, 0.1) is 23.0 Å². The lowest BCUT2D eigenvalue weighted by Gasteiger charge is -2.32. The van der Waals surface area contributed by atoms with Crippen molar-refractivity contribution in [2.75, 3.05) is 18.0 Å². The van der Waals surface area contributed by atoms with Gasteiger partial charge in [-0.25, -0.2) is 18.7 Å². The van der Waals surface area contributed by atoms with Crippen molar-refractivity contribution in [1.82, 2.24) is 9.97 Å². The maximum absolute atomic E-state index is 13.6. The van der Waals surface area contributed by atoms with E-state index in [-0.39, 0.29) is 22.7 Å². The lowest BCUT2D eigenvalue weighted by Crippen LogP contribution is -2.38. The summed E-state index contributed by atoms with van der Waals surface area (Å²) in [6.45, 7) is 1.26. The largest absolute Gasteiger partial charge is 0.487 e. The zero-order valence-corrected chi connectivity index (χ0v) is 13.3. The number of hydrogen-bond donors (Lipinski definition) is 0. The number of nitrogens with zero attached hydrogens (tertiary/aromatic N) is 4. The van der Waals surface area contributed by atoms with E-state index in [0.717, 1.165) is 6.07 Å². The van der Waals surface area contributed by atoms with Gasteiger partial charge in [0.25, 0.3) is 0 Å². The highest BCUT2D eigenvalue weighted by Crippen LogP contribution is 2.25. The van der Waals surface area contributed by atoms with E-state index < -0.39 is 11.6 Å². The van der Waals surface area contributed by atoms with Gasteiger partial charge in [-0.15, -0.1) is 0 Å². The van der Waals surface area contributed by atoms with Crippen molar-refractivity contribution in [2.24, 2.45) is 0 Å². The van der Waals surface area contributed by atoms with Crippen LogP contribution in [0.4, 0.5) is 14.6 Å². The van der Waals surface area contributed by atoms with Crippen molar-refractivity contribution in [3.63, 3.8) is 0 Å². The van der Waals surface area contributed by atoms with Gasteiger partial charge in [0.1, 0.15) is 23.8 Å². The second-order valence-electron chi connectivity index (χ2n) is 5.36. The summed E-state index contributed by atoms with van der Waals surface area (Å²) in [5, 5.41) is 8.88. The van der Waals surface area contributed by atoms with Crippen LogP contribution in [0.5, 0.6) is 5.75 Å². The Morgan fingerprint density at radius 2 is 2.04 bits per heavy atom. The van der Waals surface area contributed by atoms with Gasteiger partial charge >= 0.3 is 0 Å². The minimum atomic E-state index is -0.706. The van der Waals surface area contributed by atoms with Crippen molar-refractivity contribution in [3.8, 4) is 11.8 Å². The second-order valence-corrected chi connectivity index (χ2v) is 5.72. The molecule has 1 aromatic carbocycles. The highest BCUT2D eigenvalue weighted by molar-refractivity contribution is 6.30. The van der Waals surface area contributed by atoms with Crippen molar-refractivity contribution in [1.29, 1.82) is 5.26 Å². The summed E-state index contributed by atoms with van der Waals surface area (Å²) in [7, 11) is 0. The number of hydrogen-bond acceptors (Lipinski definition) is 5. The van der Waals surface area contributed by atoms with Gasteiger partial charge in [0.15, 0.2) is 22.4 Å². The molecule has 1 aliphatic heterocycles. The van der Waals surface area contributed by atoms with Crippen molar-refractivity contribution in [2.45, 2.75) is 18.9 Å². The molecule has 0 spiro atoms. The van der Waals surface area contributed by atoms with Crippen LogP contribution in [0.15, 0.2) is 24.4 Å². The monoisotopic (exact) mass is 350 g/mol. The fraction of sp³-hybridized carbons (Fsp3) is 0.312. The number of anilines is 1. The van der Waals surface area contributed by atoms with E-state index in [0.29, 0.717) is 31.7 Å². The molecule has 1 fully saturated rings. The van der Waals surface area contributed by atoms with E-state index in [1.807, 2.05) is 11.0 Å². The van der Waals surface area contributed by atoms with Gasteiger partial charge in [-0.3, -0.25) is 0 Å². The van der Waals surface area contributed by atoms with E-state index in [2.05, 4.69) is 9.97 Å². The molecule has 5 nitrogen and oxygen atoms in total. The fourth-order valence-corrected chi connectivity index (χ4v) is 2.72. The number of halogens is 3. The third-order valence-corrected chi connectivity index (χ3v) is 4.04. The number of nitriles is 1. The Bertz CT molecular complexity index is 788. The maximum atomic E-state index is 13.6. The minimum absolute atomic E-state index is 0.0519. The van der Waals surface area contributed by atoms with Crippen LogP contribution < -0.4 is 9.64 Å². The Hall–Kier alpha value is -2.46. The van der Waals surface area contributed by atoms with E-state index in [1.54, 1.807) is 0 Å². The smallest absolute Gasteiger partial charge is 0.178 e. The van der Waals surface area contributed by atoms with Gasteiger partial charge in [-0.1, -0.05) is 11.6 Å². The quantitative estimate of drug-likeness (QED) is 0.849. The summed E-state index contributed by atoms with van der Waals surface area (Å²) < 4.78 is 32.1. The lowest BCUT2D eigenvalue weighted by atomic mass is 10.1. The third-order valence-electron chi connectivity index (χ3n) is 3.78. The number of ether oxygens (including phenoxy) is 1. The molecule has 0 bridgehead atoms. The molecular weight excluding hydrogens is 338 g/mol. The lowest BCUT2D eigenvalue weighted by molar-refractivity contribution is 0.163. The Morgan fingerprint density at radius 3 is 2.67 bits per heavy atom. The summed E-state index contributed by atoms with van der Waals surface area (Å²) in [6.07, 6.45) is 2.64. The minimum Gasteiger partial charge on any atom is -0.487 e. The standard InChI is InChI=1S/C16H13ClF2N4O/c17-16-13(8-20)21-9-15(22-16)23-5-3-11(4-6-23)24-14-2-1-10(18)7-12(14)19/h1-2,7,9,11H,3-6H2. The predicted molar refractivity (Wildman–Crippen MR) is 84.0 cm³/mol. The van der Waals surface area contributed by atoms with Crippen LogP contribution in [0.2, 0.25) is 5.15 Å². The zero-order chi connectivity index (χ0) is 17.1. The average Bonchev–Trinajstić information content (AvgIpc) is 2.58. The topological polar surface area (TPSA) is 62.0 Å². The summed E-state index contributed by atoms with van der Waals surface area (Å²) in [4.78, 5) is 10.1. The number of rotatable bonds is 3. The Kier molecular flexibility index (Phi) is 4.76.